The van der Waals surface area contributed by atoms with Crippen molar-refractivity contribution in [2.75, 3.05) is 13.2 Å². The summed E-state index contributed by atoms with van der Waals surface area (Å²) in [5, 5.41) is 15.2. The number of fused-ring (bicyclic) bond motifs is 4. The molecule has 4 nitrogen and oxygen atoms in total. The Morgan fingerprint density at radius 3 is 2.25 bits per heavy atom. The van der Waals surface area contributed by atoms with Gasteiger partial charge in [0, 0.05) is 18.6 Å². The molecule has 2 aliphatic carbocycles. The van der Waals surface area contributed by atoms with Crippen molar-refractivity contribution in [1.82, 2.24) is 5.32 Å². The lowest BCUT2D eigenvalue weighted by Crippen LogP contribution is -2.38. The van der Waals surface area contributed by atoms with E-state index in [0.29, 0.717) is 18.4 Å². The third kappa shape index (κ3) is 4.49. The SMILES string of the molecule is O=C(N[C@H](Cc1cccc2ccccc12)C[C@@H]1C[C@@H]1CO)OCC1c2ccccc2-c2ccccc21. The second kappa shape index (κ2) is 9.79. The van der Waals surface area contributed by atoms with E-state index >= 15 is 0 Å². The lowest BCUT2D eigenvalue weighted by Gasteiger charge is -2.21. The number of hydrogen-bond donors (Lipinski definition) is 2. The first-order valence-corrected chi connectivity index (χ1v) is 12.9. The van der Waals surface area contributed by atoms with E-state index < -0.39 is 0 Å². The molecular formula is C32H31NO3. The number of ether oxygens (including phenoxy) is 1. The summed E-state index contributed by atoms with van der Waals surface area (Å²) >= 11 is 0. The van der Waals surface area contributed by atoms with Crippen LogP contribution in [0.4, 0.5) is 4.79 Å². The predicted octanol–water partition coefficient (Wildman–Crippen LogP) is 6.31. The van der Waals surface area contributed by atoms with Crippen LogP contribution in [0.1, 0.15) is 35.4 Å². The van der Waals surface area contributed by atoms with Crippen LogP contribution in [-0.2, 0) is 11.2 Å². The lowest BCUT2D eigenvalue weighted by atomic mass is 9.96. The van der Waals surface area contributed by atoms with Crippen molar-refractivity contribution in [3.63, 3.8) is 0 Å². The average molecular weight is 478 g/mol. The van der Waals surface area contributed by atoms with Gasteiger partial charge in [-0.2, -0.15) is 0 Å². The van der Waals surface area contributed by atoms with Gasteiger partial charge in [-0.3, -0.25) is 0 Å². The van der Waals surface area contributed by atoms with E-state index in [1.807, 2.05) is 12.1 Å². The topological polar surface area (TPSA) is 58.6 Å². The van der Waals surface area contributed by atoms with Crippen molar-refractivity contribution >= 4 is 16.9 Å². The maximum absolute atomic E-state index is 13.1. The van der Waals surface area contributed by atoms with Gasteiger partial charge < -0.3 is 15.2 Å². The molecule has 3 atom stereocenters. The first-order chi connectivity index (χ1) is 17.7. The van der Waals surface area contributed by atoms with Crippen LogP contribution in [0, 0.1) is 11.8 Å². The molecule has 4 heteroatoms. The van der Waals surface area contributed by atoms with Gasteiger partial charge in [0.1, 0.15) is 6.61 Å². The lowest BCUT2D eigenvalue weighted by molar-refractivity contribution is 0.138. The van der Waals surface area contributed by atoms with E-state index in [0.717, 1.165) is 19.3 Å². The van der Waals surface area contributed by atoms with Crippen LogP contribution >= 0.6 is 0 Å². The Bertz CT molecular complexity index is 1350. The minimum Gasteiger partial charge on any atom is -0.449 e. The van der Waals surface area contributed by atoms with E-state index in [9.17, 15) is 9.90 Å². The normalized spacial score (nSPS) is 18.9. The molecule has 0 aromatic heterocycles. The summed E-state index contributed by atoms with van der Waals surface area (Å²) < 4.78 is 5.85. The molecular weight excluding hydrogens is 446 g/mol. The summed E-state index contributed by atoms with van der Waals surface area (Å²) in [6, 6.07) is 31.4. The number of carbonyl (C=O) groups is 1. The van der Waals surface area contributed by atoms with E-state index in [-0.39, 0.29) is 24.7 Å². The van der Waals surface area contributed by atoms with Gasteiger partial charge in [0.25, 0.3) is 0 Å². The summed E-state index contributed by atoms with van der Waals surface area (Å²) in [5.41, 5.74) is 6.09. The van der Waals surface area contributed by atoms with Gasteiger partial charge in [-0.1, -0.05) is 91.0 Å². The maximum atomic E-state index is 13.1. The second-order valence-corrected chi connectivity index (χ2v) is 10.2. The highest BCUT2D eigenvalue weighted by molar-refractivity contribution is 5.85. The van der Waals surface area contributed by atoms with E-state index in [1.54, 1.807) is 0 Å². The number of hydrogen-bond acceptors (Lipinski definition) is 3. The molecule has 182 valence electrons. The number of aliphatic hydroxyl groups excluding tert-OH is 1. The molecule has 2 N–H and O–H groups in total. The van der Waals surface area contributed by atoms with Crippen LogP contribution in [0.5, 0.6) is 0 Å². The number of nitrogens with one attached hydrogen (secondary N) is 1. The van der Waals surface area contributed by atoms with Crippen molar-refractivity contribution in [1.29, 1.82) is 0 Å². The molecule has 0 bridgehead atoms. The summed E-state index contributed by atoms with van der Waals surface area (Å²) in [6.45, 7) is 0.528. The van der Waals surface area contributed by atoms with Gasteiger partial charge in [0.05, 0.1) is 0 Å². The van der Waals surface area contributed by atoms with Crippen molar-refractivity contribution in [2.24, 2.45) is 11.8 Å². The van der Waals surface area contributed by atoms with Gasteiger partial charge in [-0.15, -0.1) is 0 Å². The third-order valence-corrected chi connectivity index (χ3v) is 7.90. The fourth-order valence-corrected chi connectivity index (χ4v) is 5.92. The number of alkyl carbamates (subject to hydrolysis) is 1. The van der Waals surface area contributed by atoms with Gasteiger partial charge in [0.15, 0.2) is 0 Å². The monoisotopic (exact) mass is 477 g/mol. The molecule has 36 heavy (non-hydrogen) atoms. The smallest absolute Gasteiger partial charge is 0.407 e. The van der Waals surface area contributed by atoms with Crippen LogP contribution in [0.15, 0.2) is 91.0 Å². The van der Waals surface area contributed by atoms with E-state index in [2.05, 4.69) is 84.2 Å². The molecule has 4 aromatic carbocycles. The molecule has 6 rings (SSSR count). The average Bonchev–Trinajstić information content (AvgIpc) is 3.59. The van der Waals surface area contributed by atoms with Crippen molar-refractivity contribution in [2.45, 2.75) is 31.2 Å². The first-order valence-electron chi connectivity index (χ1n) is 12.9. The molecule has 4 aromatic rings. The molecule has 0 heterocycles. The van der Waals surface area contributed by atoms with Crippen molar-refractivity contribution < 1.29 is 14.6 Å². The van der Waals surface area contributed by atoms with E-state index in [1.165, 1.54) is 38.6 Å². The van der Waals surface area contributed by atoms with Crippen LogP contribution < -0.4 is 5.32 Å². The maximum Gasteiger partial charge on any atom is 0.407 e. The highest BCUT2D eigenvalue weighted by Gasteiger charge is 2.38. The summed E-state index contributed by atoms with van der Waals surface area (Å²) in [5.74, 6) is 0.843. The Morgan fingerprint density at radius 1 is 0.861 bits per heavy atom. The highest BCUT2D eigenvalue weighted by atomic mass is 16.5. The molecule has 0 spiro atoms. The van der Waals surface area contributed by atoms with Gasteiger partial charge in [-0.05, 0) is 69.7 Å². The third-order valence-electron chi connectivity index (χ3n) is 7.90. The van der Waals surface area contributed by atoms with Crippen LogP contribution in [-0.4, -0.2) is 30.5 Å². The van der Waals surface area contributed by atoms with E-state index in [4.69, 9.17) is 4.74 Å². The zero-order chi connectivity index (χ0) is 24.5. The zero-order valence-electron chi connectivity index (χ0n) is 20.3. The molecule has 0 saturated heterocycles. The minimum absolute atomic E-state index is 0.0434. The van der Waals surface area contributed by atoms with Gasteiger partial charge in [0.2, 0.25) is 0 Å². The fourth-order valence-electron chi connectivity index (χ4n) is 5.92. The first kappa shape index (κ1) is 22.8. The molecule has 0 radical (unpaired) electrons. The Morgan fingerprint density at radius 2 is 1.53 bits per heavy atom. The largest absolute Gasteiger partial charge is 0.449 e. The van der Waals surface area contributed by atoms with Crippen LogP contribution in [0.25, 0.3) is 21.9 Å². The predicted molar refractivity (Wildman–Crippen MR) is 143 cm³/mol. The van der Waals surface area contributed by atoms with Gasteiger partial charge >= 0.3 is 6.09 Å². The molecule has 1 amide bonds. The summed E-state index contributed by atoms with van der Waals surface area (Å²) in [4.78, 5) is 13.1. The summed E-state index contributed by atoms with van der Waals surface area (Å²) in [6.07, 6.45) is 2.23. The van der Waals surface area contributed by atoms with Gasteiger partial charge in [-0.25, -0.2) is 4.79 Å². The minimum atomic E-state index is -0.372. The molecule has 1 fully saturated rings. The Labute approximate surface area is 211 Å². The highest BCUT2D eigenvalue weighted by Crippen LogP contribution is 2.45. The zero-order valence-corrected chi connectivity index (χ0v) is 20.3. The quantitative estimate of drug-likeness (QED) is 0.313. The standard InChI is InChI=1S/C32H31NO3/c34-19-24-16-23(24)18-25(17-22-10-7-9-21-8-1-2-11-26(21)22)33-32(35)36-20-31-29-14-5-3-12-27(29)28-13-4-6-15-30(28)31/h1-15,23-25,31,34H,16-20H2,(H,33,35)/t23-,24+,25+/m0/s1. The number of benzene rings is 4. The Kier molecular flexibility index (Phi) is 6.20. The fraction of sp³-hybridized carbons (Fsp3) is 0.281. The number of amides is 1. The van der Waals surface area contributed by atoms with Crippen LogP contribution in [0.2, 0.25) is 0 Å². The second-order valence-electron chi connectivity index (χ2n) is 10.2. The van der Waals surface area contributed by atoms with Crippen LogP contribution in [0.3, 0.4) is 0 Å². The van der Waals surface area contributed by atoms with Crippen molar-refractivity contribution in [3.8, 4) is 11.1 Å². The molecule has 0 unspecified atom stereocenters. The molecule has 2 aliphatic rings. The molecule has 1 saturated carbocycles. The Hall–Kier alpha value is -3.63. The Balaban J connectivity index is 1.17. The number of rotatable bonds is 8. The summed E-state index contributed by atoms with van der Waals surface area (Å²) in [7, 11) is 0. The molecule has 0 aliphatic heterocycles. The number of aliphatic hydroxyl groups is 1. The van der Waals surface area contributed by atoms with Crippen molar-refractivity contribution in [3.05, 3.63) is 108 Å². The number of carbonyl (C=O) groups excluding carboxylic acids is 1.